The number of thiophene rings is 1. The molecular weight excluding hydrogens is 478 g/mol. The topological polar surface area (TPSA) is 85.8 Å². The van der Waals surface area contributed by atoms with Crippen LogP contribution in [-0.2, 0) is 0 Å². The highest BCUT2D eigenvalue weighted by molar-refractivity contribution is 7.59. The predicted molar refractivity (Wildman–Crippen MR) is 148 cm³/mol. The first-order valence-corrected chi connectivity index (χ1v) is 12.2. The van der Waals surface area contributed by atoms with Crippen molar-refractivity contribution >= 4 is 52.7 Å². The molecular formula is C25H31N7OS2. The molecule has 1 aromatic carbocycles. The highest BCUT2D eigenvalue weighted by Crippen LogP contribution is 2.39. The van der Waals surface area contributed by atoms with Crippen molar-refractivity contribution < 1.29 is 4.79 Å². The first kappa shape index (κ1) is 25.2. The molecule has 2 aromatic heterocycles. The van der Waals surface area contributed by atoms with Gasteiger partial charge in [-0.05, 0) is 50.5 Å². The first-order valence-electron chi connectivity index (χ1n) is 11.3. The van der Waals surface area contributed by atoms with E-state index in [9.17, 15) is 4.79 Å². The molecule has 0 aliphatic carbocycles. The number of hydrogen-bond acceptors (Lipinski definition) is 7. The second kappa shape index (κ2) is 9.96. The van der Waals surface area contributed by atoms with Gasteiger partial charge >= 0.3 is 6.03 Å². The normalized spacial score (nSPS) is 17.3. The number of amides is 2. The van der Waals surface area contributed by atoms with Crippen molar-refractivity contribution in [1.29, 1.82) is 0 Å². The van der Waals surface area contributed by atoms with Crippen LogP contribution in [0.3, 0.4) is 0 Å². The molecule has 2 aliphatic rings. The lowest BCUT2D eigenvalue weighted by Gasteiger charge is -2.36. The zero-order valence-electron chi connectivity index (χ0n) is 20.4. The van der Waals surface area contributed by atoms with Crippen LogP contribution in [0.2, 0.25) is 0 Å². The molecule has 1 atom stereocenters. The molecule has 2 N–H and O–H groups in total. The molecule has 10 heteroatoms. The van der Waals surface area contributed by atoms with Gasteiger partial charge in [-0.15, -0.1) is 11.3 Å². The highest BCUT2D eigenvalue weighted by Gasteiger charge is 2.45. The van der Waals surface area contributed by atoms with Gasteiger partial charge in [0.05, 0.1) is 34.9 Å². The summed E-state index contributed by atoms with van der Waals surface area (Å²) in [7, 11) is 4.04. The van der Waals surface area contributed by atoms with Crippen LogP contribution in [0.4, 0.5) is 10.6 Å². The van der Waals surface area contributed by atoms with Crippen LogP contribution in [-0.4, -0.2) is 70.9 Å². The van der Waals surface area contributed by atoms with Crippen LogP contribution in [0.5, 0.6) is 0 Å². The number of likely N-dealkylation sites (N-methyl/N-ethyl adjacent to an activating group) is 1. The minimum Gasteiger partial charge on any atom is -0.330 e. The first-order chi connectivity index (χ1) is 16.3. The van der Waals surface area contributed by atoms with Crippen LogP contribution in [0.25, 0.3) is 10.2 Å². The van der Waals surface area contributed by atoms with Gasteiger partial charge in [0.2, 0.25) is 0 Å². The lowest BCUT2D eigenvalue weighted by Crippen LogP contribution is -2.52. The molecule has 8 nitrogen and oxygen atoms in total. The summed E-state index contributed by atoms with van der Waals surface area (Å²) < 4.78 is 1.00. The van der Waals surface area contributed by atoms with E-state index in [2.05, 4.69) is 51.5 Å². The average Bonchev–Trinajstić information content (AvgIpc) is 3.50. The van der Waals surface area contributed by atoms with Crippen LogP contribution in [0, 0.1) is 0 Å². The number of carbonyl (C=O) groups is 1. The van der Waals surface area contributed by atoms with Gasteiger partial charge in [-0.1, -0.05) is 30.3 Å². The minimum atomic E-state index is -0.435. The van der Waals surface area contributed by atoms with E-state index in [-0.39, 0.29) is 25.6 Å². The molecule has 0 saturated heterocycles. The number of rotatable bonds is 5. The second-order valence-electron chi connectivity index (χ2n) is 9.42. The van der Waals surface area contributed by atoms with Gasteiger partial charge in [-0.3, -0.25) is 4.99 Å². The highest BCUT2D eigenvalue weighted by atomic mass is 32.1. The number of aliphatic imine (C=N–C) groups is 1. The Balaban J connectivity index is 0.00000289. The zero-order chi connectivity index (χ0) is 23.9. The van der Waals surface area contributed by atoms with E-state index in [1.165, 1.54) is 5.57 Å². The molecule has 4 heterocycles. The molecule has 184 valence electrons. The fourth-order valence-electron chi connectivity index (χ4n) is 4.69. The van der Waals surface area contributed by atoms with Crippen LogP contribution < -0.4 is 10.6 Å². The Labute approximate surface area is 216 Å². The fraction of sp³-hybridized carbons (Fsp3) is 0.360. The standard InChI is InChI=1S/C25H29N7OS.H2S/c1-25(2)18-12-26-22(30-23-21-19(10-11-34-21)27-15-28-23)17(18)13-32(25)24(33)29-20(14-31(3)4)16-8-6-5-7-9-16;/h5-11,15,20H,12-14H2,1-4H3,(H,29,33)(H,26,27,28,30);1H2/t20-;/m1./s1. The number of amidine groups is 1. The summed E-state index contributed by atoms with van der Waals surface area (Å²) in [5, 5.41) is 8.70. The van der Waals surface area contributed by atoms with Gasteiger partial charge in [0.25, 0.3) is 0 Å². The van der Waals surface area contributed by atoms with Crippen LogP contribution >= 0.6 is 24.8 Å². The molecule has 0 saturated carbocycles. The Morgan fingerprint density at radius 3 is 2.71 bits per heavy atom. The van der Waals surface area contributed by atoms with Crippen molar-refractivity contribution in [1.82, 2.24) is 25.1 Å². The van der Waals surface area contributed by atoms with Gasteiger partial charge < -0.3 is 20.4 Å². The molecule has 2 amide bonds. The number of nitrogens with one attached hydrogen (secondary N) is 2. The number of nitrogens with zero attached hydrogens (tertiary/aromatic N) is 5. The average molecular weight is 510 g/mol. The second-order valence-corrected chi connectivity index (χ2v) is 10.3. The van der Waals surface area contributed by atoms with Crippen LogP contribution in [0.1, 0.15) is 25.5 Å². The smallest absolute Gasteiger partial charge is 0.318 e. The molecule has 0 bridgehead atoms. The maximum Gasteiger partial charge on any atom is 0.318 e. The molecule has 0 radical (unpaired) electrons. The molecule has 0 fully saturated rings. The maximum absolute atomic E-state index is 13.6. The van der Waals surface area contributed by atoms with E-state index in [0.717, 1.165) is 39.6 Å². The molecule has 5 rings (SSSR count). The Bertz CT molecular complexity index is 1280. The van der Waals surface area contributed by atoms with E-state index < -0.39 is 5.54 Å². The number of hydrogen-bond donors (Lipinski definition) is 2. The number of anilines is 1. The SMILES string of the molecule is CN(C)C[C@@H](NC(=O)N1CC2=C(CN=C2Nc2ncnc3ccsc23)C1(C)C)c1ccccc1.S. The largest absolute Gasteiger partial charge is 0.330 e. The summed E-state index contributed by atoms with van der Waals surface area (Å²) in [6.45, 7) is 5.99. The maximum atomic E-state index is 13.6. The predicted octanol–water partition coefficient (Wildman–Crippen LogP) is 4.03. The summed E-state index contributed by atoms with van der Waals surface area (Å²) in [6, 6.07) is 11.9. The quantitative estimate of drug-likeness (QED) is 0.542. The van der Waals surface area contributed by atoms with Crippen molar-refractivity contribution in [3.05, 3.63) is 64.8 Å². The third kappa shape index (κ3) is 4.78. The van der Waals surface area contributed by atoms with Crippen molar-refractivity contribution in [2.24, 2.45) is 4.99 Å². The monoisotopic (exact) mass is 509 g/mol. The number of fused-ring (bicyclic) bond motifs is 1. The lowest BCUT2D eigenvalue weighted by atomic mass is 9.94. The summed E-state index contributed by atoms with van der Waals surface area (Å²) in [6.07, 6.45) is 1.56. The number of benzene rings is 1. The third-order valence-electron chi connectivity index (χ3n) is 6.55. The number of carbonyl (C=O) groups excluding carboxylic acids is 1. The fourth-order valence-corrected chi connectivity index (χ4v) is 5.48. The Kier molecular flexibility index (Phi) is 7.16. The number of aromatic nitrogens is 2. The zero-order valence-corrected chi connectivity index (χ0v) is 22.2. The summed E-state index contributed by atoms with van der Waals surface area (Å²) >= 11 is 1.60. The van der Waals surface area contributed by atoms with E-state index in [1.54, 1.807) is 17.7 Å². The van der Waals surface area contributed by atoms with Gasteiger partial charge in [-0.2, -0.15) is 13.5 Å². The Morgan fingerprint density at radius 1 is 1.20 bits per heavy atom. The van der Waals surface area contributed by atoms with Gasteiger partial charge in [0.15, 0.2) is 5.82 Å². The Morgan fingerprint density at radius 2 is 1.97 bits per heavy atom. The van der Waals surface area contributed by atoms with Crippen molar-refractivity contribution in [3.63, 3.8) is 0 Å². The van der Waals surface area contributed by atoms with E-state index in [0.29, 0.717) is 13.1 Å². The van der Waals surface area contributed by atoms with Gasteiger partial charge in [0, 0.05) is 12.1 Å². The van der Waals surface area contributed by atoms with Gasteiger partial charge in [0.1, 0.15) is 12.2 Å². The molecule has 0 spiro atoms. The van der Waals surface area contributed by atoms with E-state index >= 15 is 0 Å². The molecule has 3 aromatic rings. The Hall–Kier alpha value is -2.95. The summed E-state index contributed by atoms with van der Waals surface area (Å²) in [5.74, 6) is 1.54. The van der Waals surface area contributed by atoms with E-state index in [1.807, 2.05) is 48.6 Å². The van der Waals surface area contributed by atoms with Crippen molar-refractivity contribution in [3.8, 4) is 0 Å². The molecule has 2 aliphatic heterocycles. The van der Waals surface area contributed by atoms with E-state index in [4.69, 9.17) is 4.99 Å². The third-order valence-corrected chi connectivity index (χ3v) is 7.46. The summed E-state index contributed by atoms with van der Waals surface area (Å²) in [5.41, 5.74) is 3.82. The van der Waals surface area contributed by atoms with Crippen molar-refractivity contribution in [2.75, 3.05) is 39.0 Å². The minimum absolute atomic E-state index is 0. The van der Waals surface area contributed by atoms with Crippen molar-refractivity contribution in [2.45, 2.75) is 25.4 Å². The van der Waals surface area contributed by atoms with Gasteiger partial charge in [-0.25, -0.2) is 14.8 Å². The summed E-state index contributed by atoms with van der Waals surface area (Å²) in [4.78, 5) is 31.1. The van der Waals surface area contributed by atoms with Crippen LogP contribution in [0.15, 0.2) is 64.2 Å². The molecule has 35 heavy (non-hydrogen) atoms. The number of urea groups is 1. The lowest BCUT2D eigenvalue weighted by molar-refractivity contribution is 0.165. The molecule has 0 unspecified atom stereocenters.